The minimum absolute atomic E-state index is 0.169. The van der Waals surface area contributed by atoms with Crippen molar-refractivity contribution in [2.75, 3.05) is 21.0 Å². The smallest absolute Gasteiger partial charge is 0.230 e. The van der Waals surface area contributed by atoms with Crippen molar-refractivity contribution in [2.45, 2.75) is 0 Å². The van der Waals surface area contributed by atoms with E-state index >= 15 is 0 Å². The minimum atomic E-state index is 0.169. The second-order valence-corrected chi connectivity index (χ2v) is 10.5. The van der Waals surface area contributed by atoms with Crippen LogP contribution < -0.4 is 18.9 Å². The highest BCUT2D eigenvalue weighted by Gasteiger charge is 2.22. The monoisotopic (exact) mass is 562 g/mol. The van der Waals surface area contributed by atoms with Crippen molar-refractivity contribution < 1.29 is 18.9 Å². The van der Waals surface area contributed by atoms with E-state index in [-0.39, 0.29) is 6.79 Å². The van der Waals surface area contributed by atoms with Crippen molar-refractivity contribution in [3.8, 4) is 34.1 Å². The predicted octanol–water partition coefficient (Wildman–Crippen LogP) is 9.75. The normalized spacial score (nSPS) is 12.5. The Balaban J connectivity index is 1.27. The molecule has 0 bridgehead atoms. The highest BCUT2D eigenvalue weighted by atomic mass is 16.7. The Morgan fingerprint density at radius 1 is 0.465 bits per heavy atom. The lowest BCUT2D eigenvalue weighted by molar-refractivity contribution is 0.125. The van der Waals surface area contributed by atoms with Gasteiger partial charge in [0, 0.05) is 11.1 Å². The van der Waals surface area contributed by atoms with Gasteiger partial charge in [-0.05, 0) is 92.3 Å². The third-order valence-electron chi connectivity index (χ3n) is 7.86. The van der Waals surface area contributed by atoms with Gasteiger partial charge in [-0.15, -0.1) is 0 Å². The summed E-state index contributed by atoms with van der Waals surface area (Å²) in [4.78, 5) is 0. The summed E-state index contributed by atoms with van der Waals surface area (Å²) in [5, 5.41) is 4.54. The molecular weight excluding hydrogens is 532 g/mol. The van der Waals surface area contributed by atoms with Crippen LogP contribution in [0.4, 0.5) is 0 Å². The van der Waals surface area contributed by atoms with E-state index in [0.717, 1.165) is 77.9 Å². The van der Waals surface area contributed by atoms with Crippen LogP contribution >= 0.6 is 0 Å². The molecule has 0 fully saturated rings. The molecule has 1 aliphatic rings. The summed E-state index contributed by atoms with van der Waals surface area (Å²) < 4.78 is 22.8. The molecule has 0 radical (unpaired) electrons. The van der Waals surface area contributed by atoms with Crippen LogP contribution in [0.2, 0.25) is 0 Å². The molecule has 4 nitrogen and oxygen atoms in total. The first kappa shape index (κ1) is 26.4. The van der Waals surface area contributed by atoms with E-state index < -0.39 is 0 Å². The molecule has 0 atom stereocenters. The SMILES string of the molecule is COc1ccc(/C=C\c2ccc3c4c(ccc3c2)OCOc2ccc3cc(/C=C\c5ccc(OC)cc5)ccc3c2-4)cc1. The van der Waals surface area contributed by atoms with E-state index in [0.29, 0.717) is 0 Å². The van der Waals surface area contributed by atoms with Gasteiger partial charge in [-0.2, -0.15) is 0 Å². The average Bonchev–Trinajstić information content (AvgIpc) is 3.26. The second-order valence-electron chi connectivity index (χ2n) is 10.5. The Kier molecular flexibility index (Phi) is 7.02. The molecule has 6 aromatic carbocycles. The van der Waals surface area contributed by atoms with Gasteiger partial charge in [-0.1, -0.05) is 85.0 Å². The van der Waals surface area contributed by atoms with Gasteiger partial charge >= 0.3 is 0 Å². The number of rotatable bonds is 6. The molecule has 0 spiro atoms. The summed E-state index contributed by atoms with van der Waals surface area (Å²) in [7, 11) is 3.36. The zero-order valence-electron chi connectivity index (χ0n) is 24.0. The van der Waals surface area contributed by atoms with Gasteiger partial charge in [0.25, 0.3) is 0 Å². The maximum absolute atomic E-state index is 6.10. The third-order valence-corrected chi connectivity index (χ3v) is 7.86. The zero-order valence-corrected chi connectivity index (χ0v) is 24.0. The molecule has 0 amide bonds. The summed E-state index contributed by atoms with van der Waals surface area (Å²) in [5.41, 5.74) is 6.60. The summed E-state index contributed by atoms with van der Waals surface area (Å²) >= 11 is 0. The van der Waals surface area contributed by atoms with Crippen LogP contribution in [0.5, 0.6) is 23.0 Å². The maximum atomic E-state index is 6.10. The topological polar surface area (TPSA) is 36.9 Å². The fourth-order valence-electron chi connectivity index (χ4n) is 5.59. The number of methoxy groups -OCH3 is 2. The molecule has 4 heteroatoms. The average molecular weight is 563 g/mol. The van der Waals surface area contributed by atoms with Gasteiger partial charge < -0.3 is 18.9 Å². The molecule has 1 aliphatic heterocycles. The molecule has 0 aliphatic carbocycles. The van der Waals surface area contributed by atoms with Gasteiger partial charge in [0.2, 0.25) is 6.79 Å². The lowest BCUT2D eigenvalue weighted by atomic mass is 9.91. The maximum Gasteiger partial charge on any atom is 0.230 e. The molecular formula is C39H30O4. The van der Waals surface area contributed by atoms with Gasteiger partial charge in [0.05, 0.1) is 14.2 Å². The van der Waals surface area contributed by atoms with E-state index in [1.807, 2.05) is 24.3 Å². The van der Waals surface area contributed by atoms with Crippen molar-refractivity contribution in [2.24, 2.45) is 0 Å². The Bertz CT molecular complexity index is 1850. The van der Waals surface area contributed by atoms with E-state index in [1.54, 1.807) is 14.2 Å². The number of hydrogen-bond acceptors (Lipinski definition) is 4. The van der Waals surface area contributed by atoms with Crippen LogP contribution in [0.1, 0.15) is 22.3 Å². The summed E-state index contributed by atoms with van der Waals surface area (Å²) in [6, 6.07) is 37.6. The van der Waals surface area contributed by atoms with Crippen LogP contribution in [0.25, 0.3) is 57.0 Å². The quantitative estimate of drug-likeness (QED) is 0.189. The first-order valence-corrected chi connectivity index (χ1v) is 14.2. The number of ether oxygens (including phenoxy) is 4. The van der Waals surface area contributed by atoms with Gasteiger partial charge in [0.15, 0.2) is 0 Å². The number of benzene rings is 6. The molecule has 43 heavy (non-hydrogen) atoms. The minimum Gasteiger partial charge on any atom is -0.497 e. The Morgan fingerprint density at radius 3 is 1.28 bits per heavy atom. The van der Waals surface area contributed by atoms with E-state index in [4.69, 9.17) is 18.9 Å². The number of hydrogen-bond donors (Lipinski definition) is 0. The highest BCUT2D eigenvalue weighted by Crippen LogP contribution is 2.47. The van der Waals surface area contributed by atoms with Crippen molar-refractivity contribution in [1.82, 2.24) is 0 Å². The zero-order chi connectivity index (χ0) is 29.2. The summed E-state index contributed by atoms with van der Waals surface area (Å²) in [6.45, 7) is 0.169. The highest BCUT2D eigenvalue weighted by molar-refractivity contribution is 6.10. The Hall–Kier alpha value is -5.48. The molecule has 1 heterocycles. The fraction of sp³-hybridized carbons (Fsp3) is 0.0769. The summed E-state index contributed by atoms with van der Waals surface area (Å²) in [5.74, 6) is 3.35. The van der Waals surface area contributed by atoms with Crippen LogP contribution in [-0.4, -0.2) is 21.0 Å². The Labute approximate surface area is 251 Å². The molecule has 0 saturated carbocycles. The fourth-order valence-corrected chi connectivity index (χ4v) is 5.59. The molecule has 210 valence electrons. The lowest BCUT2D eigenvalue weighted by Crippen LogP contribution is -2.03. The van der Waals surface area contributed by atoms with Crippen LogP contribution in [-0.2, 0) is 0 Å². The lowest BCUT2D eigenvalue weighted by Gasteiger charge is -2.14. The molecule has 7 rings (SSSR count). The van der Waals surface area contributed by atoms with E-state index in [9.17, 15) is 0 Å². The van der Waals surface area contributed by atoms with Crippen LogP contribution in [0.15, 0.2) is 109 Å². The van der Waals surface area contributed by atoms with E-state index in [2.05, 4.69) is 109 Å². The predicted molar refractivity (Wildman–Crippen MR) is 177 cm³/mol. The molecule has 0 saturated heterocycles. The molecule has 0 N–H and O–H groups in total. The molecule has 0 unspecified atom stereocenters. The number of fused-ring (bicyclic) bond motifs is 7. The van der Waals surface area contributed by atoms with Gasteiger partial charge in [-0.3, -0.25) is 0 Å². The van der Waals surface area contributed by atoms with Crippen molar-refractivity contribution >= 4 is 45.8 Å². The Morgan fingerprint density at radius 2 is 0.860 bits per heavy atom. The van der Waals surface area contributed by atoms with Crippen molar-refractivity contribution in [3.05, 3.63) is 131 Å². The van der Waals surface area contributed by atoms with Gasteiger partial charge in [0.1, 0.15) is 23.0 Å². The third kappa shape index (κ3) is 5.31. The van der Waals surface area contributed by atoms with Crippen molar-refractivity contribution in [1.29, 1.82) is 0 Å². The van der Waals surface area contributed by atoms with Gasteiger partial charge in [-0.25, -0.2) is 0 Å². The standard InChI is InChI=1S/C39H30O4/c1-40-32-15-7-26(8-16-32)3-5-28-11-19-34-30(23-28)13-21-36-38(34)39-35-20-12-29(6-4-27-9-17-33(41-2)18-10-27)24-31(35)14-22-37(39)43-25-42-36/h3-24H,25H2,1-2H3/b5-3-,6-4-. The second kappa shape index (κ2) is 11.4. The van der Waals surface area contributed by atoms with Crippen LogP contribution in [0.3, 0.4) is 0 Å². The largest absolute Gasteiger partial charge is 0.497 e. The van der Waals surface area contributed by atoms with E-state index in [1.165, 1.54) is 0 Å². The molecule has 0 aromatic heterocycles. The first-order chi connectivity index (χ1) is 21.2. The van der Waals surface area contributed by atoms with Crippen LogP contribution in [0, 0.1) is 0 Å². The molecule has 6 aromatic rings. The van der Waals surface area contributed by atoms with Crippen molar-refractivity contribution in [3.63, 3.8) is 0 Å². The summed E-state index contributed by atoms with van der Waals surface area (Å²) in [6.07, 6.45) is 8.50. The first-order valence-electron chi connectivity index (χ1n) is 14.2.